The van der Waals surface area contributed by atoms with Gasteiger partial charge in [-0.1, -0.05) is 0 Å². The highest BCUT2D eigenvalue weighted by Gasteiger charge is 2.17. The zero-order valence-electron chi connectivity index (χ0n) is 9.16. The zero-order chi connectivity index (χ0) is 11.5. The van der Waals surface area contributed by atoms with Crippen LogP contribution in [0.4, 0.5) is 0 Å². The van der Waals surface area contributed by atoms with E-state index in [9.17, 15) is 4.79 Å². The fraction of sp³-hybridized carbons (Fsp3) is 0.545. The summed E-state index contributed by atoms with van der Waals surface area (Å²) in [4.78, 5) is 13.9. The summed E-state index contributed by atoms with van der Waals surface area (Å²) in [7, 11) is 0. The van der Waals surface area contributed by atoms with Crippen LogP contribution in [0.1, 0.15) is 27.0 Å². The lowest BCUT2D eigenvalue weighted by atomic mass is 10.2. The standard InChI is InChI=1S/C11H15NO2S2/c1-7(13)5-12-11(14)10-4-8-6-15-3-2-9(8)16-10/h4,7,13H,2-3,5-6H2,1H3,(H,12,14)/t7-/m1/s1. The van der Waals surface area contributed by atoms with Gasteiger partial charge in [0.1, 0.15) is 0 Å². The Balaban J connectivity index is 2.03. The second-order valence-electron chi connectivity index (χ2n) is 3.92. The Labute approximate surface area is 103 Å². The van der Waals surface area contributed by atoms with Gasteiger partial charge in [-0.2, -0.15) is 11.8 Å². The maximum absolute atomic E-state index is 11.7. The van der Waals surface area contributed by atoms with E-state index in [4.69, 9.17) is 5.11 Å². The molecule has 16 heavy (non-hydrogen) atoms. The van der Waals surface area contributed by atoms with Gasteiger partial charge in [-0.3, -0.25) is 4.79 Å². The quantitative estimate of drug-likeness (QED) is 0.865. The lowest BCUT2D eigenvalue weighted by Gasteiger charge is -2.08. The highest BCUT2D eigenvalue weighted by molar-refractivity contribution is 7.98. The molecule has 0 unspecified atom stereocenters. The molecule has 1 aliphatic rings. The second-order valence-corrected chi connectivity index (χ2v) is 6.16. The number of amides is 1. The van der Waals surface area contributed by atoms with Crippen LogP contribution in [-0.4, -0.2) is 29.4 Å². The van der Waals surface area contributed by atoms with E-state index in [0.717, 1.165) is 22.8 Å². The summed E-state index contributed by atoms with van der Waals surface area (Å²) >= 11 is 3.50. The van der Waals surface area contributed by atoms with Gasteiger partial charge in [0, 0.05) is 17.2 Å². The van der Waals surface area contributed by atoms with E-state index in [1.807, 2.05) is 17.8 Å². The molecule has 1 aromatic heterocycles. The number of carbonyl (C=O) groups is 1. The van der Waals surface area contributed by atoms with E-state index in [1.165, 1.54) is 10.4 Å². The van der Waals surface area contributed by atoms with E-state index in [1.54, 1.807) is 18.3 Å². The average Bonchev–Trinajstić information content (AvgIpc) is 2.69. The molecule has 3 nitrogen and oxygen atoms in total. The summed E-state index contributed by atoms with van der Waals surface area (Å²) < 4.78 is 0. The minimum Gasteiger partial charge on any atom is -0.392 e. The summed E-state index contributed by atoms with van der Waals surface area (Å²) in [5.41, 5.74) is 1.31. The van der Waals surface area contributed by atoms with Gasteiger partial charge in [0.05, 0.1) is 11.0 Å². The van der Waals surface area contributed by atoms with Crippen LogP contribution in [0.15, 0.2) is 6.07 Å². The first-order valence-corrected chi connectivity index (χ1v) is 7.29. The zero-order valence-corrected chi connectivity index (χ0v) is 10.8. The van der Waals surface area contributed by atoms with Crippen LogP contribution < -0.4 is 5.32 Å². The number of nitrogens with one attached hydrogen (secondary N) is 1. The molecule has 0 aliphatic carbocycles. The average molecular weight is 257 g/mol. The Bertz CT molecular complexity index is 364. The van der Waals surface area contributed by atoms with Gasteiger partial charge in [-0.05, 0) is 30.7 Å². The van der Waals surface area contributed by atoms with Gasteiger partial charge in [0.25, 0.3) is 5.91 Å². The molecule has 1 atom stereocenters. The normalized spacial score (nSPS) is 16.6. The van der Waals surface area contributed by atoms with E-state index in [0.29, 0.717) is 6.54 Å². The number of fused-ring (bicyclic) bond motifs is 1. The third-order valence-corrected chi connectivity index (χ3v) is 4.65. The predicted octanol–water partition coefficient (Wildman–Crippen LogP) is 1.65. The Hall–Kier alpha value is -0.520. The summed E-state index contributed by atoms with van der Waals surface area (Å²) in [6.07, 6.45) is 0.586. The number of aryl methyl sites for hydroxylation is 1. The fourth-order valence-corrected chi connectivity index (χ4v) is 3.88. The molecule has 2 N–H and O–H groups in total. The highest BCUT2D eigenvalue weighted by atomic mass is 32.2. The van der Waals surface area contributed by atoms with Crippen LogP contribution in [-0.2, 0) is 12.2 Å². The van der Waals surface area contributed by atoms with Crippen molar-refractivity contribution in [2.75, 3.05) is 12.3 Å². The van der Waals surface area contributed by atoms with Gasteiger partial charge in [0.15, 0.2) is 0 Å². The number of hydrogen-bond donors (Lipinski definition) is 2. The molecule has 0 saturated heterocycles. The number of rotatable bonds is 3. The number of aliphatic hydroxyl groups excluding tert-OH is 1. The number of carbonyl (C=O) groups excluding carboxylic acids is 1. The monoisotopic (exact) mass is 257 g/mol. The molecular weight excluding hydrogens is 242 g/mol. The molecule has 2 heterocycles. The van der Waals surface area contributed by atoms with Gasteiger partial charge < -0.3 is 10.4 Å². The van der Waals surface area contributed by atoms with Crippen molar-refractivity contribution >= 4 is 29.0 Å². The molecule has 88 valence electrons. The molecule has 1 aromatic rings. The van der Waals surface area contributed by atoms with Crippen LogP contribution in [0.25, 0.3) is 0 Å². The number of hydrogen-bond acceptors (Lipinski definition) is 4. The molecule has 0 fully saturated rings. The number of aliphatic hydroxyl groups is 1. The van der Waals surface area contributed by atoms with Crippen LogP contribution in [0.3, 0.4) is 0 Å². The van der Waals surface area contributed by atoms with Crippen molar-refractivity contribution in [3.8, 4) is 0 Å². The lowest BCUT2D eigenvalue weighted by molar-refractivity contribution is 0.0928. The molecular formula is C11H15NO2S2. The minimum atomic E-state index is -0.492. The van der Waals surface area contributed by atoms with Gasteiger partial charge in [0.2, 0.25) is 0 Å². The largest absolute Gasteiger partial charge is 0.392 e. The topological polar surface area (TPSA) is 49.3 Å². The summed E-state index contributed by atoms with van der Waals surface area (Å²) in [5, 5.41) is 11.8. The van der Waals surface area contributed by atoms with E-state index >= 15 is 0 Å². The Morgan fingerprint density at radius 3 is 3.19 bits per heavy atom. The summed E-state index contributed by atoms with van der Waals surface area (Å²) in [5.74, 6) is 2.11. The second kappa shape index (κ2) is 5.21. The Morgan fingerprint density at radius 1 is 1.69 bits per heavy atom. The van der Waals surface area contributed by atoms with Gasteiger partial charge in [-0.25, -0.2) is 0 Å². The van der Waals surface area contributed by atoms with Crippen molar-refractivity contribution in [3.63, 3.8) is 0 Å². The van der Waals surface area contributed by atoms with Crippen molar-refractivity contribution in [1.82, 2.24) is 5.32 Å². The van der Waals surface area contributed by atoms with Gasteiger partial charge in [-0.15, -0.1) is 11.3 Å². The molecule has 0 spiro atoms. The van der Waals surface area contributed by atoms with Crippen molar-refractivity contribution in [3.05, 3.63) is 21.4 Å². The van der Waals surface area contributed by atoms with Crippen LogP contribution in [0.2, 0.25) is 0 Å². The Kier molecular flexibility index (Phi) is 3.89. The summed E-state index contributed by atoms with van der Waals surface area (Å²) in [6, 6.07) is 1.99. The lowest BCUT2D eigenvalue weighted by Crippen LogP contribution is -2.29. The highest BCUT2D eigenvalue weighted by Crippen LogP contribution is 2.31. The fourth-order valence-electron chi connectivity index (χ4n) is 1.59. The van der Waals surface area contributed by atoms with Crippen molar-refractivity contribution in [2.24, 2.45) is 0 Å². The summed E-state index contributed by atoms with van der Waals surface area (Å²) in [6.45, 7) is 1.98. The molecule has 5 heteroatoms. The SMILES string of the molecule is C[C@@H](O)CNC(=O)c1cc2c(s1)CCSC2. The van der Waals surface area contributed by atoms with E-state index in [-0.39, 0.29) is 5.91 Å². The molecule has 0 aromatic carbocycles. The van der Waals surface area contributed by atoms with Crippen molar-refractivity contribution < 1.29 is 9.90 Å². The maximum Gasteiger partial charge on any atom is 0.261 e. The van der Waals surface area contributed by atoms with E-state index < -0.39 is 6.10 Å². The van der Waals surface area contributed by atoms with Crippen LogP contribution >= 0.6 is 23.1 Å². The first kappa shape index (κ1) is 12.0. The van der Waals surface area contributed by atoms with Crippen molar-refractivity contribution in [1.29, 1.82) is 0 Å². The van der Waals surface area contributed by atoms with Gasteiger partial charge >= 0.3 is 0 Å². The third kappa shape index (κ3) is 2.78. The molecule has 0 saturated carbocycles. The van der Waals surface area contributed by atoms with Crippen LogP contribution in [0.5, 0.6) is 0 Å². The smallest absolute Gasteiger partial charge is 0.261 e. The number of thiophene rings is 1. The predicted molar refractivity (Wildman–Crippen MR) is 68.2 cm³/mol. The third-order valence-electron chi connectivity index (χ3n) is 2.41. The molecule has 0 bridgehead atoms. The molecule has 1 amide bonds. The maximum atomic E-state index is 11.7. The molecule has 2 rings (SSSR count). The van der Waals surface area contributed by atoms with Crippen LogP contribution in [0, 0.1) is 0 Å². The first-order chi connectivity index (χ1) is 7.66. The number of thioether (sulfide) groups is 1. The molecule has 1 aliphatic heterocycles. The first-order valence-electron chi connectivity index (χ1n) is 5.32. The van der Waals surface area contributed by atoms with Crippen molar-refractivity contribution in [2.45, 2.75) is 25.2 Å². The molecule has 0 radical (unpaired) electrons. The minimum absolute atomic E-state index is 0.0645. The Morgan fingerprint density at radius 2 is 2.50 bits per heavy atom. The van der Waals surface area contributed by atoms with E-state index in [2.05, 4.69) is 5.32 Å².